The summed E-state index contributed by atoms with van der Waals surface area (Å²) in [5, 5.41) is 8.24. The number of nitrogens with zero attached hydrogens (tertiary/aromatic N) is 4. The van der Waals surface area contributed by atoms with E-state index < -0.39 is 0 Å². The molecule has 20 heavy (non-hydrogen) atoms. The molecule has 5 nitrogen and oxygen atoms in total. The van der Waals surface area contributed by atoms with Crippen molar-refractivity contribution in [3.63, 3.8) is 0 Å². The Hall–Kier alpha value is -1.14. The van der Waals surface area contributed by atoms with Crippen molar-refractivity contribution in [3.05, 3.63) is 22.8 Å². The lowest BCUT2D eigenvalue weighted by molar-refractivity contribution is 0.374. The minimum atomic E-state index is 0.471. The van der Waals surface area contributed by atoms with Crippen molar-refractivity contribution < 1.29 is 0 Å². The van der Waals surface area contributed by atoms with Gasteiger partial charge < -0.3 is 10.2 Å². The highest BCUT2D eigenvalue weighted by atomic mass is 79.9. The molecule has 2 aromatic heterocycles. The Labute approximate surface area is 127 Å². The fourth-order valence-electron chi connectivity index (χ4n) is 2.71. The van der Waals surface area contributed by atoms with Crippen LogP contribution in [-0.2, 0) is 0 Å². The van der Waals surface area contributed by atoms with E-state index in [2.05, 4.69) is 50.1 Å². The number of halogens is 1. The van der Waals surface area contributed by atoms with Gasteiger partial charge in [0.05, 0.1) is 0 Å². The maximum absolute atomic E-state index is 4.67. The molecule has 3 rings (SSSR count). The van der Waals surface area contributed by atoms with Crippen LogP contribution in [0.2, 0.25) is 0 Å². The summed E-state index contributed by atoms with van der Waals surface area (Å²) in [6.07, 6.45) is 4.18. The first-order valence-corrected chi connectivity index (χ1v) is 8.02. The largest absolute Gasteiger partial charge is 0.334 e. The maximum Gasteiger partial charge on any atom is 0.246 e. The second-order valence-electron chi connectivity index (χ2n) is 5.29. The number of fused-ring (bicyclic) bond motifs is 1. The van der Waals surface area contributed by atoms with Gasteiger partial charge in [0.2, 0.25) is 5.95 Å². The van der Waals surface area contributed by atoms with Gasteiger partial charge in [0, 0.05) is 35.8 Å². The lowest BCUT2D eigenvalue weighted by Crippen LogP contribution is -2.56. The van der Waals surface area contributed by atoms with Crippen molar-refractivity contribution in [1.29, 1.82) is 0 Å². The third-order valence-electron chi connectivity index (χ3n) is 4.00. The molecule has 1 fully saturated rings. The van der Waals surface area contributed by atoms with E-state index in [1.165, 1.54) is 0 Å². The Morgan fingerprint density at radius 1 is 1.35 bits per heavy atom. The lowest BCUT2D eigenvalue weighted by atomic mass is 10.1. The molecule has 0 bridgehead atoms. The van der Waals surface area contributed by atoms with Crippen molar-refractivity contribution >= 4 is 27.5 Å². The first-order valence-electron chi connectivity index (χ1n) is 7.23. The quantitative estimate of drug-likeness (QED) is 0.934. The van der Waals surface area contributed by atoms with Gasteiger partial charge in [0.25, 0.3) is 0 Å². The highest BCUT2D eigenvalue weighted by Crippen LogP contribution is 2.20. The van der Waals surface area contributed by atoms with Crippen LogP contribution in [0, 0.1) is 0 Å². The number of piperazine rings is 1. The van der Waals surface area contributed by atoms with Gasteiger partial charge in [-0.15, -0.1) is 5.10 Å². The van der Waals surface area contributed by atoms with Gasteiger partial charge in [-0.3, -0.25) is 0 Å². The molecule has 0 saturated carbocycles. The fraction of sp³-hybridized carbons (Fsp3) is 0.571. The van der Waals surface area contributed by atoms with Crippen molar-refractivity contribution in [2.24, 2.45) is 0 Å². The van der Waals surface area contributed by atoms with E-state index in [1.807, 2.05) is 22.8 Å². The Balaban J connectivity index is 1.94. The highest BCUT2D eigenvalue weighted by Gasteiger charge is 2.28. The number of hydrogen-bond acceptors (Lipinski definition) is 4. The third-order valence-corrected chi connectivity index (χ3v) is 4.47. The van der Waals surface area contributed by atoms with E-state index in [4.69, 9.17) is 0 Å². The van der Waals surface area contributed by atoms with Gasteiger partial charge in [-0.25, -0.2) is 4.52 Å². The van der Waals surface area contributed by atoms with Gasteiger partial charge in [-0.05, 0) is 40.9 Å². The van der Waals surface area contributed by atoms with Crippen LogP contribution in [0.1, 0.15) is 26.7 Å². The summed E-state index contributed by atoms with van der Waals surface area (Å²) in [6, 6.07) is 4.98. The lowest BCUT2D eigenvalue weighted by Gasteiger charge is -2.39. The normalized spacial score (nSPS) is 23.4. The summed E-state index contributed by atoms with van der Waals surface area (Å²) < 4.78 is 2.86. The van der Waals surface area contributed by atoms with Crippen molar-refractivity contribution in [2.45, 2.75) is 38.8 Å². The smallest absolute Gasteiger partial charge is 0.246 e. The number of nitrogens with one attached hydrogen (secondary N) is 1. The van der Waals surface area contributed by atoms with Gasteiger partial charge in [0.15, 0.2) is 5.65 Å². The molecule has 2 aromatic rings. The molecule has 3 heterocycles. The summed E-state index contributed by atoms with van der Waals surface area (Å²) in [7, 11) is 0. The number of rotatable bonds is 3. The van der Waals surface area contributed by atoms with Gasteiger partial charge in [0.1, 0.15) is 0 Å². The minimum Gasteiger partial charge on any atom is -0.334 e. The number of aromatic nitrogens is 3. The maximum atomic E-state index is 4.67. The number of hydrogen-bond donors (Lipinski definition) is 1. The van der Waals surface area contributed by atoms with Gasteiger partial charge in [-0.1, -0.05) is 13.8 Å². The van der Waals surface area contributed by atoms with Crippen LogP contribution in [0.5, 0.6) is 0 Å². The van der Waals surface area contributed by atoms with Crippen LogP contribution in [-0.4, -0.2) is 39.8 Å². The van der Waals surface area contributed by atoms with Crippen molar-refractivity contribution in [3.8, 4) is 0 Å². The molecule has 0 spiro atoms. The van der Waals surface area contributed by atoms with E-state index in [-0.39, 0.29) is 0 Å². The van der Waals surface area contributed by atoms with E-state index in [1.54, 1.807) is 0 Å². The van der Waals surface area contributed by atoms with Gasteiger partial charge >= 0.3 is 0 Å². The molecule has 2 atom stereocenters. The molecular weight excluding hydrogens is 318 g/mol. The number of anilines is 1. The van der Waals surface area contributed by atoms with Crippen LogP contribution >= 0.6 is 15.9 Å². The summed E-state index contributed by atoms with van der Waals surface area (Å²) in [4.78, 5) is 7.03. The summed E-state index contributed by atoms with van der Waals surface area (Å²) in [5.41, 5.74) is 0.893. The van der Waals surface area contributed by atoms with Gasteiger partial charge in [-0.2, -0.15) is 4.98 Å². The SMILES string of the molecule is CCC1CN(c2nc3ccc(Br)cn3n2)C(CC)CN1. The predicted molar refractivity (Wildman–Crippen MR) is 84.2 cm³/mol. The topological polar surface area (TPSA) is 45.5 Å². The number of pyridine rings is 1. The average molecular weight is 338 g/mol. The first kappa shape index (κ1) is 13.8. The Bertz CT molecular complexity index is 596. The molecule has 1 saturated heterocycles. The highest BCUT2D eigenvalue weighted by molar-refractivity contribution is 9.10. The van der Waals surface area contributed by atoms with E-state index in [0.29, 0.717) is 12.1 Å². The molecule has 0 amide bonds. The monoisotopic (exact) mass is 337 g/mol. The Morgan fingerprint density at radius 3 is 2.95 bits per heavy atom. The third kappa shape index (κ3) is 2.54. The molecule has 6 heteroatoms. The standard InChI is InChI=1S/C14H20BrN5/c1-3-11-9-19(12(4-2)7-16-11)14-17-13-6-5-10(15)8-20(13)18-14/h5-6,8,11-12,16H,3-4,7,9H2,1-2H3. The molecule has 2 unspecified atom stereocenters. The average Bonchev–Trinajstić information content (AvgIpc) is 2.89. The van der Waals surface area contributed by atoms with Crippen LogP contribution in [0.4, 0.5) is 5.95 Å². The zero-order valence-corrected chi connectivity index (χ0v) is 13.5. The van der Waals surface area contributed by atoms with Crippen molar-refractivity contribution in [2.75, 3.05) is 18.0 Å². The molecule has 1 aliphatic heterocycles. The Kier molecular flexibility index (Phi) is 3.94. The van der Waals surface area contributed by atoms with E-state index in [9.17, 15) is 0 Å². The van der Waals surface area contributed by atoms with E-state index >= 15 is 0 Å². The molecule has 0 aromatic carbocycles. The zero-order chi connectivity index (χ0) is 14.1. The second kappa shape index (κ2) is 5.69. The summed E-state index contributed by atoms with van der Waals surface area (Å²) in [5.74, 6) is 0.843. The zero-order valence-electron chi connectivity index (χ0n) is 11.9. The molecular formula is C14H20BrN5. The molecule has 1 aliphatic rings. The van der Waals surface area contributed by atoms with Crippen LogP contribution in [0.15, 0.2) is 22.8 Å². The van der Waals surface area contributed by atoms with E-state index in [0.717, 1.165) is 42.0 Å². The summed E-state index contributed by atoms with van der Waals surface area (Å²) >= 11 is 3.47. The molecule has 108 valence electrons. The fourth-order valence-corrected chi connectivity index (χ4v) is 3.04. The Morgan fingerprint density at radius 2 is 2.20 bits per heavy atom. The van der Waals surface area contributed by atoms with Crippen LogP contribution in [0.3, 0.4) is 0 Å². The molecule has 0 aliphatic carbocycles. The molecule has 0 radical (unpaired) electrons. The minimum absolute atomic E-state index is 0.471. The van der Waals surface area contributed by atoms with Crippen LogP contribution in [0.25, 0.3) is 5.65 Å². The van der Waals surface area contributed by atoms with Crippen molar-refractivity contribution in [1.82, 2.24) is 19.9 Å². The predicted octanol–water partition coefficient (Wildman–Crippen LogP) is 2.46. The van der Waals surface area contributed by atoms with Crippen LogP contribution < -0.4 is 10.2 Å². The first-order chi connectivity index (χ1) is 9.71. The second-order valence-corrected chi connectivity index (χ2v) is 6.21. The summed E-state index contributed by atoms with van der Waals surface area (Å²) in [6.45, 7) is 6.43. The molecule has 1 N–H and O–H groups in total.